The molecule has 0 N–H and O–H groups in total. The molecule has 0 bridgehead atoms. The summed E-state index contributed by atoms with van der Waals surface area (Å²) in [5.74, 6) is 1.52. The second-order valence-corrected chi connectivity index (χ2v) is 3.96. The lowest BCUT2D eigenvalue weighted by Crippen LogP contribution is -2.10. The first-order valence-corrected chi connectivity index (χ1v) is 6.02. The average molecular weight is 250 g/mol. The molecule has 2 rings (SSSR count). The Labute approximate surface area is 114 Å². The number of rotatable bonds is 6. The molecule has 3 heteroatoms. The Morgan fingerprint density at radius 1 is 0.789 bits per heavy atom. The minimum atomic E-state index is 0.168. The third kappa shape index (κ3) is 3.78. The van der Waals surface area contributed by atoms with Crippen LogP contribution in [0.5, 0.6) is 11.5 Å². The smallest absolute Gasteiger partial charge is 0.529 e. The molecule has 0 aromatic heterocycles. The molecule has 0 radical (unpaired) electrons. The first-order valence-electron chi connectivity index (χ1n) is 6.02. The lowest BCUT2D eigenvalue weighted by atomic mass is 10.2. The van der Waals surface area contributed by atoms with Crippen LogP contribution in [0, 0.1) is 0 Å². The van der Waals surface area contributed by atoms with Crippen molar-refractivity contribution in [3.8, 4) is 11.5 Å². The zero-order valence-electron chi connectivity index (χ0n) is 10.7. The standard InChI is InChI=1S/C16H15BO2/c1-3-13-7-5-9-15(11-13)18-17-19-16-10-6-8-14(4-2)12-16/h3-12,17H,1-2H2. The van der Waals surface area contributed by atoms with E-state index in [1.54, 1.807) is 12.2 Å². The van der Waals surface area contributed by atoms with Gasteiger partial charge in [0.15, 0.2) is 0 Å². The van der Waals surface area contributed by atoms with E-state index in [9.17, 15) is 0 Å². The fourth-order valence-corrected chi connectivity index (χ4v) is 1.63. The lowest BCUT2D eigenvalue weighted by molar-refractivity contribution is 0.459. The summed E-state index contributed by atoms with van der Waals surface area (Å²) in [6.45, 7) is 7.45. The average Bonchev–Trinajstić information content (AvgIpc) is 2.48. The summed E-state index contributed by atoms with van der Waals surface area (Å²) in [6, 6.07) is 15.4. The van der Waals surface area contributed by atoms with Crippen molar-refractivity contribution in [1.82, 2.24) is 0 Å². The van der Waals surface area contributed by atoms with Crippen molar-refractivity contribution < 1.29 is 9.31 Å². The van der Waals surface area contributed by atoms with E-state index in [1.165, 1.54) is 0 Å². The Morgan fingerprint density at radius 2 is 1.26 bits per heavy atom. The number of benzene rings is 2. The van der Waals surface area contributed by atoms with Crippen LogP contribution in [0.15, 0.2) is 61.7 Å². The zero-order valence-corrected chi connectivity index (χ0v) is 10.7. The molecule has 0 fully saturated rings. The van der Waals surface area contributed by atoms with Gasteiger partial charge in [-0.15, -0.1) is 0 Å². The fraction of sp³-hybridized carbons (Fsp3) is 0. The highest BCUT2D eigenvalue weighted by atomic mass is 16.6. The molecule has 0 unspecified atom stereocenters. The van der Waals surface area contributed by atoms with Crippen molar-refractivity contribution in [2.24, 2.45) is 0 Å². The van der Waals surface area contributed by atoms with Gasteiger partial charge in [0.25, 0.3) is 0 Å². The van der Waals surface area contributed by atoms with E-state index >= 15 is 0 Å². The second kappa shape index (κ2) is 6.50. The van der Waals surface area contributed by atoms with E-state index < -0.39 is 0 Å². The Balaban J connectivity index is 1.92. The van der Waals surface area contributed by atoms with Crippen molar-refractivity contribution in [2.75, 3.05) is 0 Å². The van der Waals surface area contributed by atoms with Gasteiger partial charge in [-0.25, -0.2) is 0 Å². The maximum absolute atomic E-state index is 5.53. The van der Waals surface area contributed by atoms with Crippen LogP contribution < -0.4 is 9.31 Å². The minimum Gasteiger partial charge on any atom is -0.529 e. The maximum atomic E-state index is 5.53. The third-order valence-corrected chi connectivity index (χ3v) is 2.64. The monoisotopic (exact) mass is 250 g/mol. The minimum absolute atomic E-state index is 0.168. The Hall–Kier alpha value is -2.42. The van der Waals surface area contributed by atoms with E-state index in [-0.39, 0.29) is 7.69 Å². The Kier molecular flexibility index (Phi) is 4.46. The van der Waals surface area contributed by atoms with E-state index in [0.29, 0.717) is 0 Å². The maximum Gasteiger partial charge on any atom is 0.576 e. The first kappa shape index (κ1) is 13.0. The van der Waals surface area contributed by atoms with E-state index in [0.717, 1.165) is 22.6 Å². The fourth-order valence-electron chi connectivity index (χ4n) is 1.63. The molecule has 0 saturated heterocycles. The van der Waals surface area contributed by atoms with Crippen LogP contribution in [0.3, 0.4) is 0 Å². The molecule has 2 aromatic rings. The van der Waals surface area contributed by atoms with Gasteiger partial charge in [0, 0.05) is 0 Å². The highest BCUT2D eigenvalue weighted by Crippen LogP contribution is 2.16. The predicted octanol–water partition coefficient (Wildman–Crippen LogP) is 3.70. The quantitative estimate of drug-likeness (QED) is 0.728. The van der Waals surface area contributed by atoms with Gasteiger partial charge in [0.1, 0.15) is 11.5 Å². The summed E-state index contributed by atoms with van der Waals surface area (Å²) < 4.78 is 11.1. The van der Waals surface area contributed by atoms with Crippen molar-refractivity contribution in [2.45, 2.75) is 0 Å². The molecule has 0 aliphatic carbocycles. The van der Waals surface area contributed by atoms with Crippen molar-refractivity contribution in [3.63, 3.8) is 0 Å². The molecular weight excluding hydrogens is 235 g/mol. The van der Waals surface area contributed by atoms with Gasteiger partial charge in [-0.1, -0.05) is 49.6 Å². The molecule has 0 aliphatic heterocycles. The Morgan fingerprint density at radius 3 is 1.68 bits per heavy atom. The molecule has 0 atom stereocenters. The third-order valence-electron chi connectivity index (χ3n) is 2.64. The SMILES string of the molecule is C=Cc1cccc(OBOc2cccc(C=C)c2)c1. The van der Waals surface area contributed by atoms with Crippen LogP contribution >= 0.6 is 0 Å². The number of hydrogen-bond acceptors (Lipinski definition) is 2. The number of hydrogen-bond donors (Lipinski definition) is 0. The summed E-state index contributed by atoms with van der Waals surface area (Å²) >= 11 is 0. The van der Waals surface area contributed by atoms with Gasteiger partial charge in [0.05, 0.1) is 0 Å². The summed E-state index contributed by atoms with van der Waals surface area (Å²) in [6.07, 6.45) is 3.56. The van der Waals surface area contributed by atoms with Gasteiger partial charge >= 0.3 is 7.69 Å². The summed E-state index contributed by atoms with van der Waals surface area (Å²) in [5, 5.41) is 0. The highest BCUT2D eigenvalue weighted by Gasteiger charge is 2.00. The molecule has 2 nitrogen and oxygen atoms in total. The van der Waals surface area contributed by atoms with Crippen LogP contribution in [0.2, 0.25) is 0 Å². The molecule has 2 aromatic carbocycles. The van der Waals surface area contributed by atoms with Gasteiger partial charge in [-0.3, -0.25) is 0 Å². The van der Waals surface area contributed by atoms with Gasteiger partial charge in [-0.05, 0) is 35.4 Å². The molecule has 94 valence electrons. The van der Waals surface area contributed by atoms with E-state index in [2.05, 4.69) is 13.2 Å². The first-order chi connectivity index (χ1) is 9.31. The van der Waals surface area contributed by atoms with Crippen LogP contribution in [0.1, 0.15) is 11.1 Å². The largest absolute Gasteiger partial charge is 0.576 e. The van der Waals surface area contributed by atoms with E-state index in [4.69, 9.17) is 9.31 Å². The van der Waals surface area contributed by atoms with Gasteiger partial charge in [-0.2, -0.15) is 0 Å². The van der Waals surface area contributed by atoms with Gasteiger partial charge < -0.3 is 9.31 Å². The lowest BCUT2D eigenvalue weighted by Gasteiger charge is -2.08. The summed E-state index contributed by atoms with van der Waals surface area (Å²) in [4.78, 5) is 0. The van der Waals surface area contributed by atoms with Crippen molar-refractivity contribution >= 4 is 19.8 Å². The molecule has 0 aliphatic rings. The van der Waals surface area contributed by atoms with Crippen LogP contribution in [-0.2, 0) is 0 Å². The van der Waals surface area contributed by atoms with Crippen LogP contribution in [0.4, 0.5) is 0 Å². The van der Waals surface area contributed by atoms with Crippen molar-refractivity contribution in [1.29, 1.82) is 0 Å². The normalized spacial score (nSPS) is 9.47. The van der Waals surface area contributed by atoms with Crippen molar-refractivity contribution in [3.05, 3.63) is 72.8 Å². The van der Waals surface area contributed by atoms with E-state index in [1.807, 2.05) is 48.5 Å². The molecule has 0 heterocycles. The summed E-state index contributed by atoms with van der Waals surface area (Å²) in [7, 11) is 0.168. The molecule has 19 heavy (non-hydrogen) atoms. The highest BCUT2D eigenvalue weighted by molar-refractivity contribution is 6.20. The second-order valence-electron chi connectivity index (χ2n) is 3.96. The molecule has 0 spiro atoms. The van der Waals surface area contributed by atoms with Gasteiger partial charge in [0.2, 0.25) is 0 Å². The van der Waals surface area contributed by atoms with Crippen LogP contribution in [0.25, 0.3) is 12.2 Å². The Bertz CT molecular complexity index is 527. The topological polar surface area (TPSA) is 18.5 Å². The molecule has 0 saturated carbocycles. The van der Waals surface area contributed by atoms with Crippen LogP contribution in [-0.4, -0.2) is 7.69 Å². The molecular formula is C16H15BO2. The summed E-state index contributed by atoms with van der Waals surface area (Å²) in [5.41, 5.74) is 2.04. The predicted molar refractivity (Wildman–Crippen MR) is 81.5 cm³/mol. The molecule has 0 amide bonds. The zero-order chi connectivity index (χ0) is 13.5.